The first-order valence-corrected chi connectivity index (χ1v) is 6.75. The van der Waals surface area contributed by atoms with Gasteiger partial charge in [0.15, 0.2) is 5.82 Å². The number of pyridine rings is 1. The van der Waals surface area contributed by atoms with Crippen LogP contribution in [0.4, 0.5) is 11.6 Å². The Morgan fingerprint density at radius 2 is 2.09 bits per heavy atom. The van der Waals surface area contributed by atoms with Crippen molar-refractivity contribution in [1.82, 2.24) is 15.2 Å². The molecule has 0 aliphatic rings. The quantitative estimate of drug-likeness (QED) is 0.584. The number of aromatic nitrogens is 3. The molecule has 0 spiro atoms. The molecule has 23 heavy (non-hydrogen) atoms. The first kappa shape index (κ1) is 14.6. The molecule has 0 fully saturated rings. The average Bonchev–Trinajstić information content (AvgIpc) is 2.91. The van der Waals surface area contributed by atoms with Crippen molar-refractivity contribution in [1.29, 1.82) is 0 Å². The number of rotatable bonds is 4. The zero-order valence-electron chi connectivity index (χ0n) is 12.4. The van der Waals surface area contributed by atoms with Crippen molar-refractivity contribution in [2.24, 2.45) is 0 Å². The Bertz CT molecular complexity index is 958. The van der Waals surface area contributed by atoms with Crippen molar-refractivity contribution in [2.75, 3.05) is 12.4 Å². The maximum Gasteiger partial charge on any atom is 0.339 e. The number of benzene rings is 1. The first-order chi connectivity index (χ1) is 11.0. The summed E-state index contributed by atoms with van der Waals surface area (Å²) in [5.74, 6) is 0.0419. The van der Waals surface area contributed by atoms with Gasteiger partial charge in [0.2, 0.25) is 0 Å². The highest BCUT2D eigenvalue weighted by Crippen LogP contribution is 2.26. The molecule has 0 bridgehead atoms. The fourth-order valence-electron chi connectivity index (χ4n) is 2.32. The van der Waals surface area contributed by atoms with Crippen LogP contribution in [-0.4, -0.2) is 33.4 Å². The van der Waals surface area contributed by atoms with E-state index in [1.807, 2.05) is 6.92 Å². The molecule has 3 aromatic rings. The highest BCUT2D eigenvalue weighted by Gasteiger charge is 2.14. The molecule has 2 heterocycles. The van der Waals surface area contributed by atoms with Gasteiger partial charge >= 0.3 is 5.97 Å². The number of aromatic amines is 2. The molecule has 0 saturated heterocycles. The van der Waals surface area contributed by atoms with Crippen molar-refractivity contribution >= 4 is 28.4 Å². The number of hydrogen-bond acceptors (Lipinski definition) is 5. The van der Waals surface area contributed by atoms with E-state index in [-0.39, 0.29) is 16.7 Å². The minimum Gasteiger partial charge on any atom is -0.496 e. The number of carboxylic acid groups (broad SMARTS) is 1. The Morgan fingerprint density at radius 3 is 2.70 bits per heavy atom. The molecular weight excluding hydrogens is 300 g/mol. The van der Waals surface area contributed by atoms with Crippen LogP contribution in [0, 0.1) is 6.92 Å². The molecule has 0 radical (unpaired) electrons. The van der Waals surface area contributed by atoms with Crippen LogP contribution in [0.25, 0.3) is 10.8 Å². The van der Waals surface area contributed by atoms with Crippen LogP contribution in [0.2, 0.25) is 0 Å². The molecule has 3 rings (SSSR count). The summed E-state index contributed by atoms with van der Waals surface area (Å²) in [6.07, 6.45) is 0. The number of nitrogens with zero attached hydrogens (tertiary/aromatic N) is 1. The summed E-state index contributed by atoms with van der Waals surface area (Å²) in [6, 6.07) is 6.30. The number of fused-ring (bicyclic) bond motifs is 1. The topological polar surface area (TPSA) is 120 Å². The standard InChI is InChI=1S/C15H14N4O4/c1-7-3-13(19-18-7)16-12-5-8-4-11(23-2)10(15(21)22)6-9(8)14(20)17-12/h3-6H,1-2H3,(H,21,22)(H3,16,17,18,19,20). The van der Waals surface area contributed by atoms with Crippen LogP contribution in [-0.2, 0) is 0 Å². The SMILES string of the molecule is COc1cc2cc(Nc3cc(C)[nH]n3)[nH]c(=O)c2cc1C(=O)O. The number of hydrogen-bond donors (Lipinski definition) is 4. The number of carboxylic acids is 1. The second kappa shape index (κ2) is 5.48. The van der Waals surface area contributed by atoms with E-state index >= 15 is 0 Å². The number of methoxy groups -OCH3 is 1. The lowest BCUT2D eigenvalue weighted by Crippen LogP contribution is -2.11. The lowest BCUT2D eigenvalue weighted by molar-refractivity contribution is 0.0693. The van der Waals surface area contributed by atoms with Gasteiger partial charge in [-0.05, 0) is 30.5 Å². The zero-order valence-corrected chi connectivity index (χ0v) is 12.4. The van der Waals surface area contributed by atoms with Crippen LogP contribution in [0.5, 0.6) is 5.75 Å². The monoisotopic (exact) mass is 314 g/mol. The second-order valence-electron chi connectivity index (χ2n) is 5.02. The van der Waals surface area contributed by atoms with Crippen LogP contribution >= 0.6 is 0 Å². The fourth-order valence-corrected chi connectivity index (χ4v) is 2.32. The Balaban J connectivity index is 2.12. The number of carbonyl (C=O) groups is 1. The van der Waals surface area contributed by atoms with Crippen LogP contribution in [0.1, 0.15) is 16.1 Å². The molecule has 0 atom stereocenters. The minimum absolute atomic E-state index is 0.0610. The lowest BCUT2D eigenvalue weighted by Gasteiger charge is -2.09. The van der Waals surface area contributed by atoms with E-state index in [0.29, 0.717) is 17.0 Å². The van der Waals surface area contributed by atoms with Crippen LogP contribution in [0.3, 0.4) is 0 Å². The van der Waals surface area contributed by atoms with Crippen LogP contribution in [0.15, 0.2) is 29.1 Å². The second-order valence-corrected chi connectivity index (χ2v) is 5.02. The van der Waals surface area contributed by atoms with E-state index in [1.165, 1.54) is 19.2 Å². The average molecular weight is 314 g/mol. The van der Waals surface area contributed by atoms with Crippen molar-refractivity contribution in [3.63, 3.8) is 0 Å². The Morgan fingerprint density at radius 1 is 1.30 bits per heavy atom. The molecule has 8 heteroatoms. The summed E-state index contributed by atoms with van der Waals surface area (Å²) in [5, 5.41) is 19.8. The van der Waals surface area contributed by atoms with E-state index < -0.39 is 11.5 Å². The van der Waals surface area contributed by atoms with Gasteiger partial charge in [-0.1, -0.05) is 0 Å². The Kier molecular flexibility index (Phi) is 3.49. The molecule has 0 amide bonds. The van der Waals surface area contributed by atoms with Crippen molar-refractivity contribution in [2.45, 2.75) is 6.92 Å². The maximum atomic E-state index is 12.2. The van der Waals surface area contributed by atoms with Crippen molar-refractivity contribution < 1.29 is 14.6 Å². The van der Waals surface area contributed by atoms with Gasteiger partial charge in [0, 0.05) is 17.1 Å². The van der Waals surface area contributed by atoms with Gasteiger partial charge in [0.25, 0.3) is 5.56 Å². The Labute approximate surface area is 130 Å². The number of ether oxygens (including phenoxy) is 1. The molecule has 0 saturated carbocycles. The summed E-state index contributed by atoms with van der Waals surface area (Å²) >= 11 is 0. The van der Waals surface area contributed by atoms with Gasteiger partial charge in [-0.25, -0.2) is 4.79 Å². The van der Waals surface area contributed by atoms with Gasteiger partial charge in [-0.15, -0.1) is 0 Å². The van der Waals surface area contributed by atoms with Gasteiger partial charge in [0.05, 0.1) is 7.11 Å². The highest BCUT2D eigenvalue weighted by atomic mass is 16.5. The first-order valence-electron chi connectivity index (χ1n) is 6.75. The molecule has 118 valence electrons. The van der Waals surface area contributed by atoms with Gasteiger partial charge in [-0.2, -0.15) is 5.10 Å². The normalized spacial score (nSPS) is 10.7. The third-order valence-corrected chi connectivity index (χ3v) is 3.36. The molecule has 4 N–H and O–H groups in total. The smallest absolute Gasteiger partial charge is 0.339 e. The highest BCUT2D eigenvalue weighted by molar-refractivity contribution is 5.98. The summed E-state index contributed by atoms with van der Waals surface area (Å²) in [5.41, 5.74) is 0.417. The molecule has 0 aliphatic carbocycles. The summed E-state index contributed by atoms with van der Waals surface area (Å²) in [4.78, 5) is 26.1. The maximum absolute atomic E-state index is 12.2. The van der Waals surface area contributed by atoms with E-state index in [2.05, 4.69) is 20.5 Å². The largest absolute Gasteiger partial charge is 0.496 e. The number of H-pyrrole nitrogens is 2. The summed E-state index contributed by atoms with van der Waals surface area (Å²) in [6.45, 7) is 1.86. The predicted octanol–water partition coefficient (Wildman–Crippen LogP) is 2.01. The Hall–Kier alpha value is -3.29. The molecule has 0 unspecified atom stereocenters. The third kappa shape index (κ3) is 2.73. The van der Waals surface area contributed by atoms with Gasteiger partial charge < -0.3 is 20.1 Å². The van der Waals surface area contributed by atoms with E-state index in [9.17, 15) is 14.7 Å². The molecule has 8 nitrogen and oxygen atoms in total. The fraction of sp³-hybridized carbons (Fsp3) is 0.133. The summed E-state index contributed by atoms with van der Waals surface area (Å²) < 4.78 is 5.09. The predicted molar refractivity (Wildman–Crippen MR) is 84.7 cm³/mol. The minimum atomic E-state index is -1.16. The lowest BCUT2D eigenvalue weighted by atomic mass is 10.1. The number of aryl methyl sites for hydroxylation is 1. The molecular formula is C15H14N4O4. The number of aromatic carboxylic acids is 1. The molecule has 2 aromatic heterocycles. The van der Waals surface area contributed by atoms with Crippen LogP contribution < -0.4 is 15.6 Å². The molecule has 1 aromatic carbocycles. The van der Waals surface area contributed by atoms with E-state index in [1.54, 1.807) is 12.1 Å². The van der Waals surface area contributed by atoms with E-state index in [4.69, 9.17) is 4.74 Å². The van der Waals surface area contributed by atoms with E-state index in [0.717, 1.165) is 5.69 Å². The number of anilines is 2. The summed E-state index contributed by atoms with van der Waals surface area (Å²) in [7, 11) is 1.38. The number of nitrogens with one attached hydrogen (secondary N) is 3. The zero-order chi connectivity index (χ0) is 16.6. The third-order valence-electron chi connectivity index (χ3n) is 3.36. The molecule has 0 aliphatic heterocycles. The van der Waals surface area contributed by atoms with Gasteiger partial charge in [0.1, 0.15) is 17.1 Å². The van der Waals surface area contributed by atoms with Crippen molar-refractivity contribution in [3.05, 3.63) is 45.9 Å². The van der Waals surface area contributed by atoms with Crippen molar-refractivity contribution in [3.8, 4) is 5.75 Å². The van der Waals surface area contributed by atoms with Gasteiger partial charge in [-0.3, -0.25) is 9.89 Å².